The van der Waals surface area contributed by atoms with Crippen LogP contribution >= 0.6 is 0 Å². The Morgan fingerprint density at radius 3 is 2.61 bits per heavy atom. The fourth-order valence-electron chi connectivity index (χ4n) is 3.17. The summed E-state index contributed by atoms with van der Waals surface area (Å²) in [6, 6.07) is 4.29. The number of aromatic hydroxyl groups is 1. The van der Waals surface area contributed by atoms with Crippen molar-refractivity contribution < 1.29 is 44.2 Å². The van der Waals surface area contributed by atoms with Gasteiger partial charge in [-0.1, -0.05) is 19.1 Å². The molecule has 1 aromatic carbocycles. The Hall–Kier alpha value is -2.63. The van der Waals surface area contributed by atoms with Gasteiger partial charge in [0, 0.05) is 6.07 Å². The molecule has 3 rings (SSSR count). The molecule has 1 fully saturated rings. The van der Waals surface area contributed by atoms with Crippen molar-refractivity contribution in [2.45, 2.75) is 50.5 Å². The zero-order valence-corrected chi connectivity index (χ0v) is 16.9. The number of allylic oxidation sites excluding steroid dienone is 1. The molecule has 31 heavy (non-hydrogen) atoms. The first kappa shape index (κ1) is 23.0. The molecule has 1 saturated heterocycles. The lowest BCUT2D eigenvalue weighted by Crippen LogP contribution is -2.60. The van der Waals surface area contributed by atoms with Crippen LogP contribution in [0.3, 0.4) is 0 Å². The monoisotopic (exact) mass is 438 g/mol. The van der Waals surface area contributed by atoms with E-state index in [1.54, 1.807) is 0 Å². The largest absolute Gasteiger partial charge is 0.499 e. The quantitative estimate of drug-likeness (QED) is 0.222. The first-order valence-corrected chi connectivity index (χ1v) is 9.92. The average Bonchev–Trinajstić information content (AvgIpc) is 2.76. The van der Waals surface area contributed by atoms with E-state index in [2.05, 4.69) is 0 Å². The molecular formula is C21H26O10. The van der Waals surface area contributed by atoms with Crippen molar-refractivity contribution in [3.8, 4) is 17.2 Å². The van der Waals surface area contributed by atoms with Gasteiger partial charge in [-0.3, -0.25) is 0 Å². The number of aliphatic hydroxyl groups is 4. The van der Waals surface area contributed by atoms with Gasteiger partial charge in [0.2, 0.25) is 12.0 Å². The number of aliphatic hydroxyl groups excluding tert-OH is 4. The minimum Gasteiger partial charge on any atom is -0.499 e. The Kier molecular flexibility index (Phi) is 7.52. The van der Waals surface area contributed by atoms with Crippen LogP contribution in [0.1, 0.15) is 19.8 Å². The second-order valence-corrected chi connectivity index (χ2v) is 7.06. The van der Waals surface area contributed by atoms with Gasteiger partial charge in [-0.25, -0.2) is 4.79 Å². The van der Waals surface area contributed by atoms with Crippen LogP contribution in [-0.4, -0.2) is 69.5 Å². The lowest BCUT2D eigenvalue weighted by atomic mass is 9.99. The lowest BCUT2D eigenvalue weighted by Gasteiger charge is -2.39. The Balaban J connectivity index is 1.83. The highest BCUT2D eigenvalue weighted by atomic mass is 16.7. The van der Waals surface area contributed by atoms with Gasteiger partial charge in [-0.2, -0.15) is 0 Å². The summed E-state index contributed by atoms with van der Waals surface area (Å²) < 4.78 is 21.5. The van der Waals surface area contributed by atoms with Crippen LogP contribution < -0.4 is 15.1 Å². The summed E-state index contributed by atoms with van der Waals surface area (Å²) in [4.78, 5) is 12.0. The van der Waals surface area contributed by atoms with Gasteiger partial charge in [0.05, 0.1) is 18.6 Å². The molecule has 0 saturated carbocycles. The predicted octanol–water partition coefficient (Wildman–Crippen LogP) is 0.412. The van der Waals surface area contributed by atoms with E-state index in [1.807, 2.05) is 19.1 Å². The fraction of sp³-hybridized carbons (Fsp3) is 0.476. The van der Waals surface area contributed by atoms with E-state index in [0.29, 0.717) is 11.8 Å². The highest BCUT2D eigenvalue weighted by molar-refractivity contribution is 5.86. The van der Waals surface area contributed by atoms with Crippen LogP contribution in [0, 0.1) is 0 Å². The number of hydrogen-bond acceptors (Lipinski definition) is 10. The lowest BCUT2D eigenvalue weighted by molar-refractivity contribution is -0.277. The molecule has 0 unspecified atom stereocenters. The molecule has 0 radical (unpaired) electrons. The number of ether oxygens (including phenoxy) is 3. The molecule has 0 bridgehead atoms. The van der Waals surface area contributed by atoms with Gasteiger partial charge in [0.25, 0.3) is 0 Å². The Morgan fingerprint density at radius 2 is 1.90 bits per heavy atom. The fourth-order valence-corrected chi connectivity index (χ4v) is 3.17. The molecule has 5 atom stereocenters. The summed E-state index contributed by atoms with van der Waals surface area (Å²) in [5.41, 5.74) is -0.930. The minimum atomic E-state index is -1.59. The van der Waals surface area contributed by atoms with Gasteiger partial charge in [-0.15, -0.1) is 0 Å². The third-order valence-electron chi connectivity index (χ3n) is 4.84. The predicted molar refractivity (Wildman–Crippen MR) is 108 cm³/mol. The molecule has 2 heterocycles. The van der Waals surface area contributed by atoms with E-state index in [0.717, 1.165) is 6.42 Å². The van der Waals surface area contributed by atoms with Crippen LogP contribution in [0.5, 0.6) is 17.2 Å². The maximum absolute atomic E-state index is 12.0. The van der Waals surface area contributed by atoms with Crippen molar-refractivity contribution in [1.29, 1.82) is 0 Å². The Morgan fingerprint density at radius 1 is 1.13 bits per heavy atom. The SMILES string of the molecule is CCC=CCCOc1c(O)c(=O)oc2cc(O[C@@H]3O[C@H](CO)[C@H](O)[C@H](O)[C@H]3O)ccc12. The molecule has 10 heteroatoms. The molecule has 10 nitrogen and oxygen atoms in total. The summed E-state index contributed by atoms with van der Waals surface area (Å²) in [6.45, 7) is 1.65. The van der Waals surface area contributed by atoms with E-state index < -0.39 is 48.7 Å². The molecular weight excluding hydrogens is 412 g/mol. The first-order chi connectivity index (χ1) is 14.9. The topological polar surface area (TPSA) is 159 Å². The molecule has 0 spiro atoms. The zero-order valence-electron chi connectivity index (χ0n) is 16.9. The third kappa shape index (κ3) is 5.00. The Labute approximate surface area is 177 Å². The van der Waals surface area contributed by atoms with Gasteiger partial charge >= 0.3 is 5.63 Å². The van der Waals surface area contributed by atoms with E-state index in [1.165, 1.54) is 18.2 Å². The number of rotatable bonds is 8. The molecule has 5 N–H and O–H groups in total. The van der Waals surface area contributed by atoms with Gasteiger partial charge < -0.3 is 44.2 Å². The number of fused-ring (bicyclic) bond motifs is 1. The molecule has 2 aromatic rings. The highest BCUT2D eigenvalue weighted by Crippen LogP contribution is 2.34. The summed E-state index contributed by atoms with van der Waals surface area (Å²) in [7, 11) is 0. The normalized spacial score (nSPS) is 26.4. The maximum atomic E-state index is 12.0. The van der Waals surface area contributed by atoms with E-state index >= 15 is 0 Å². The van der Waals surface area contributed by atoms with Crippen molar-refractivity contribution in [3.05, 3.63) is 40.8 Å². The molecule has 1 aliphatic rings. The second kappa shape index (κ2) is 10.1. The zero-order chi connectivity index (χ0) is 22.5. The van der Waals surface area contributed by atoms with Gasteiger partial charge in [-0.05, 0) is 25.0 Å². The van der Waals surface area contributed by atoms with Crippen molar-refractivity contribution in [2.24, 2.45) is 0 Å². The van der Waals surface area contributed by atoms with Crippen molar-refractivity contribution in [3.63, 3.8) is 0 Å². The second-order valence-electron chi connectivity index (χ2n) is 7.06. The summed E-state index contributed by atoms with van der Waals surface area (Å²) >= 11 is 0. The van der Waals surface area contributed by atoms with Crippen LogP contribution in [0.15, 0.2) is 39.6 Å². The van der Waals surface area contributed by atoms with Gasteiger partial charge in [0.15, 0.2) is 5.75 Å². The van der Waals surface area contributed by atoms with E-state index in [9.17, 15) is 30.3 Å². The highest BCUT2D eigenvalue weighted by Gasteiger charge is 2.44. The van der Waals surface area contributed by atoms with Crippen molar-refractivity contribution in [2.75, 3.05) is 13.2 Å². The van der Waals surface area contributed by atoms with Gasteiger partial charge in [0.1, 0.15) is 35.7 Å². The van der Waals surface area contributed by atoms with Crippen LogP contribution in [0.4, 0.5) is 0 Å². The van der Waals surface area contributed by atoms with Crippen LogP contribution in [0.25, 0.3) is 11.0 Å². The third-order valence-corrected chi connectivity index (χ3v) is 4.84. The molecule has 0 amide bonds. The average molecular weight is 438 g/mol. The standard InChI is InChI=1S/C21H26O10/c1-2-3-4-5-8-28-19-12-7-6-11(9-13(12)30-20(27)18(19)26)29-21-17(25)16(24)15(23)14(10-22)31-21/h3-4,6-7,9,14-17,21-26H,2,5,8,10H2,1H3/t14-,15+,16+,17-,21-/m1/s1. The molecule has 170 valence electrons. The molecule has 0 aliphatic carbocycles. The van der Waals surface area contributed by atoms with Crippen LogP contribution in [0.2, 0.25) is 0 Å². The molecule has 1 aliphatic heterocycles. The minimum absolute atomic E-state index is 0.0180. The smallest absolute Gasteiger partial charge is 0.382 e. The van der Waals surface area contributed by atoms with E-state index in [4.69, 9.17) is 18.6 Å². The van der Waals surface area contributed by atoms with Crippen molar-refractivity contribution >= 4 is 11.0 Å². The van der Waals surface area contributed by atoms with Crippen molar-refractivity contribution in [1.82, 2.24) is 0 Å². The number of hydrogen-bond donors (Lipinski definition) is 5. The van der Waals surface area contributed by atoms with E-state index in [-0.39, 0.29) is 23.7 Å². The Bertz CT molecular complexity index is 967. The number of benzene rings is 1. The summed E-state index contributed by atoms with van der Waals surface area (Å²) in [5, 5.41) is 49.5. The maximum Gasteiger partial charge on any atom is 0.382 e. The summed E-state index contributed by atoms with van der Waals surface area (Å²) in [6.07, 6.45) is -1.82. The first-order valence-electron chi connectivity index (χ1n) is 9.92. The molecule has 1 aromatic heterocycles. The van der Waals surface area contributed by atoms with Crippen LogP contribution in [-0.2, 0) is 4.74 Å². The summed E-state index contributed by atoms with van der Waals surface area (Å²) in [5.74, 6) is -0.549.